The lowest BCUT2D eigenvalue weighted by molar-refractivity contribution is -0.121. The van der Waals surface area contributed by atoms with Crippen LogP contribution in [0.15, 0.2) is 42.5 Å². The predicted octanol–water partition coefficient (Wildman–Crippen LogP) is 4.05. The van der Waals surface area contributed by atoms with Gasteiger partial charge in [-0.25, -0.2) is 8.78 Å². The molecule has 1 N–H and O–H groups in total. The van der Waals surface area contributed by atoms with Crippen LogP contribution in [0.2, 0.25) is 0 Å². The highest BCUT2D eigenvalue weighted by Gasteiger charge is 2.26. The molecule has 4 nitrogen and oxygen atoms in total. The number of nitrogens with one attached hydrogen (secondary N) is 1. The first-order valence-corrected chi connectivity index (χ1v) is 8.65. The van der Waals surface area contributed by atoms with Gasteiger partial charge in [0.15, 0.2) is 11.6 Å². The van der Waals surface area contributed by atoms with Crippen LogP contribution in [0.5, 0.6) is 0 Å². The summed E-state index contributed by atoms with van der Waals surface area (Å²) in [4.78, 5) is 16.3. The molecule has 2 aromatic rings. The Hall–Kier alpha value is -2.47. The predicted molar refractivity (Wildman–Crippen MR) is 101 cm³/mol. The number of carbonyl (C=O) groups is 1. The van der Waals surface area contributed by atoms with Crippen molar-refractivity contribution in [1.82, 2.24) is 4.90 Å². The molecule has 0 radical (unpaired) electrons. The normalized spacial score (nSPS) is 12.1. The number of hydrogen-bond donors (Lipinski definition) is 1. The van der Waals surface area contributed by atoms with Crippen LogP contribution in [0, 0.1) is 11.6 Å². The number of likely N-dealkylation sites (N-methyl/N-ethyl adjacent to an activating group) is 1. The van der Waals surface area contributed by atoms with E-state index in [2.05, 4.69) is 5.32 Å². The van der Waals surface area contributed by atoms with Gasteiger partial charge in [-0.3, -0.25) is 9.69 Å². The zero-order valence-corrected chi connectivity index (χ0v) is 15.6. The topological polar surface area (TPSA) is 35.6 Å². The molecule has 0 saturated heterocycles. The maximum Gasteiger partial charge on any atom is 0.246 e. The molecule has 140 valence electrons. The Labute approximate surface area is 153 Å². The molecular formula is C20H25F2N3O. The van der Waals surface area contributed by atoms with Crippen LogP contribution in [0.4, 0.5) is 20.2 Å². The minimum absolute atomic E-state index is 0.101. The minimum Gasteiger partial charge on any atom is -0.373 e. The molecule has 26 heavy (non-hydrogen) atoms. The molecule has 0 bridgehead atoms. The van der Waals surface area contributed by atoms with Gasteiger partial charge in [-0.1, -0.05) is 44.2 Å². The molecule has 2 aromatic carbocycles. The van der Waals surface area contributed by atoms with Crippen molar-refractivity contribution in [3.63, 3.8) is 0 Å². The van der Waals surface area contributed by atoms with Gasteiger partial charge < -0.3 is 10.2 Å². The maximum absolute atomic E-state index is 14.2. The van der Waals surface area contributed by atoms with Crippen molar-refractivity contribution in [1.29, 1.82) is 0 Å². The van der Waals surface area contributed by atoms with Crippen molar-refractivity contribution < 1.29 is 13.6 Å². The number of carbonyl (C=O) groups excluding carboxylic acids is 1. The molecular weight excluding hydrogens is 336 g/mol. The lowest BCUT2D eigenvalue weighted by Crippen LogP contribution is -2.37. The van der Waals surface area contributed by atoms with Crippen LogP contribution in [-0.2, 0) is 4.79 Å². The van der Waals surface area contributed by atoms with Gasteiger partial charge in [0, 0.05) is 19.8 Å². The Bertz CT molecular complexity index is 723. The van der Waals surface area contributed by atoms with Crippen LogP contribution in [-0.4, -0.2) is 38.0 Å². The smallest absolute Gasteiger partial charge is 0.246 e. The molecule has 0 aliphatic carbocycles. The van der Waals surface area contributed by atoms with E-state index in [0.29, 0.717) is 13.1 Å². The van der Waals surface area contributed by atoms with E-state index in [-0.39, 0.29) is 17.3 Å². The molecule has 0 aromatic heterocycles. The van der Waals surface area contributed by atoms with Crippen molar-refractivity contribution in [3.8, 4) is 0 Å². The van der Waals surface area contributed by atoms with Crippen LogP contribution in [0.3, 0.4) is 0 Å². The zero-order valence-electron chi connectivity index (χ0n) is 15.6. The second kappa shape index (κ2) is 8.76. The Morgan fingerprint density at radius 2 is 1.58 bits per heavy atom. The number of halogens is 2. The van der Waals surface area contributed by atoms with Crippen molar-refractivity contribution in [2.75, 3.05) is 37.4 Å². The molecule has 1 amide bonds. The van der Waals surface area contributed by atoms with Crippen LogP contribution < -0.4 is 10.2 Å². The second-order valence-corrected chi connectivity index (χ2v) is 6.21. The summed E-state index contributed by atoms with van der Waals surface area (Å²) in [5.74, 6) is -1.76. The van der Waals surface area contributed by atoms with E-state index in [9.17, 15) is 13.6 Å². The van der Waals surface area contributed by atoms with E-state index < -0.39 is 17.7 Å². The van der Waals surface area contributed by atoms with Gasteiger partial charge >= 0.3 is 0 Å². The van der Waals surface area contributed by atoms with Gasteiger partial charge in [-0.2, -0.15) is 0 Å². The fraction of sp³-hybridized carbons (Fsp3) is 0.350. The fourth-order valence-corrected chi connectivity index (χ4v) is 3.03. The van der Waals surface area contributed by atoms with E-state index in [4.69, 9.17) is 0 Å². The summed E-state index contributed by atoms with van der Waals surface area (Å²) in [7, 11) is 3.12. The minimum atomic E-state index is -0.718. The third-order valence-corrected chi connectivity index (χ3v) is 4.27. The highest BCUT2D eigenvalue weighted by molar-refractivity contribution is 5.95. The van der Waals surface area contributed by atoms with Gasteiger partial charge in [0.2, 0.25) is 5.91 Å². The van der Waals surface area contributed by atoms with E-state index in [1.807, 2.05) is 49.1 Å². The monoisotopic (exact) mass is 361 g/mol. The molecule has 6 heteroatoms. The number of amides is 1. The molecule has 1 atom stereocenters. The van der Waals surface area contributed by atoms with Gasteiger partial charge in [0.1, 0.15) is 11.7 Å². The molecule has 2 rings (SSSR count). The van der Waals surface area contributed by atoms with E-state index in [0.717, 1.165) is 17.7 Å². The zero-order chi connectivity index (χ0) is 19.3. The van der Waals surface area contributed by atoms with E-state index >= 15 is 0 Å². The highest BCUT2D eigenvalue weighted by atomic mass is 19.1. The molecule has 0 spiro atoms. The Balaban J connectivity index is 2.33. The van der Waals surface area contributed by atoms with E-state index in [1.165, 1.54) is 4.90 Å². The summed E-state index contributed by atoms with van der Waals surface area (Å²) in [6, 6.07) is 11.1. The summed E-state index contributed by atoms with van der Waals surface area (Å²) < 4.78 is 28.4. The first-order chi connectivity index (χ1) is 12.4. The number of nitrogens with zero attached hydrogens (tertiary/aromatic N) is 2. The quantitative estimate of drug-likeness (QED) is 0.808. The van der Waals surface area contributed by atoms with Gasteiger partial charge in [-0.05, 0) is 30.8 Å². The summed E-state index contributed by atoms with van der Waals surface area (Å²) in [5.41, 5.74) is 0.801. The summed E-state index contributed by atoms with van der Waals surface area (Å²) in [6.07, 6.45) is 0. The lowest BCUT2D eigenvalue weighted by atomic mass is 10.0. The van der Waals surface area contributed by atoms with Crippen molar-refractivity contribution >= 4 is 17.3 Å². The fourth-order valence-electron chi connectivity index (χ4n) is 3.03. The van der Waals surface area contributed by atoms with Gasteiger partial charge in [0.05, 0.1) is 0 Å². The Kier molecular flexibility index (Phi) is 6.69. The average Bonchev–Trinajstić information content (AvgIpc) is 2.59. The number of benzene rings is 2. The number of anilines is 2. The number of rotatable bonds is 7. The molecule has 1 unspecified atom stereocenters. The third-order valence-electron chi connectivity index (χ3n) is 4.27. The maximum atomic E-state index is 14.2. The van der Waals surface area contributed by atoms with Gasteiger partial charge in [0.25, 0.3) is 0 Å². The molecule has 0 aliphatic rings. The van der Waals surface area contributed by atoms with Crippen LogP contribution in [0.25, 0.3) is 0 Å². The standard InChI is InChI=1S/C20H25F2N3O/c1-5-25(6-2)18(14-10-8-7-9-11-14)20(26)23-15-12-16(21)19(24(3)4)17(22)13-15/h7-13,18H,5-6H2,1-4H3,(H,23,26). The largest absolute Gasteiger partial charge is 0.373 e. The van der Waals surface area contributed by atoms with Crippen molar-refractivity contribution in [2.24, 2.45) is 0 Å². The molecule has 0 fully saturated rings. The molecule has 0 saturated carbocycles. The first kappa shape index (κ1) is 19.8. The molecule has 0 heterocycles. The van der Waals surface area contributed by atoms with Crippen LogP contribution in [0.1, 0.15) is 25.5 Å². The molecule has 0 aliphatic heterocycles. The SMILES string of the molecule is CCN(CC)C(C(=O)Nc1cc(F)c(N(C)C)c(F)c1)c1ccccc1. The summed E-state index contributed by atoms with van der Waals surface area (Å²) in [5, 5.41) is 2.66. The van der Waals surface area contributed by atoms with Crippen molar-refractivity contribution in [3.05, 3.63) is 59.7 Å². The Morgan fingerprint density at radius 3 is 2.04 bits per heavy atom. The highest BCUT2D eigenvalue weighted by Crippen LogP contribution is 2.27. The average molecular weight is 361 g/mol. The summed E-state index contributed by atoms with van der Waals surface area (Å²) in [6.45, 7) is 5.29. The van der Waals surface area contributed by atoms with Crippen LogP contribution >= 0.6 is 0 Å². The Morgan fingerprint density at radius 1 is 1.04 bits per heavy atom. The van der Waals surface area contributed by atoms with E-state index in [1.54, 1.807) is 14.1 Å². The lowest BCUT2D eigenvalue weighted by Gasteiger charge is -2.29. The summed E-state index contributed by atoms with van der Waals surface area (Å²) >= 11 is 0. The van der Waals surface area contributed by atoms with Gasteiger partial charge in [-0.15, -0.1) is 0 Å². The third kappa shape index (κ3) is 4.38. The number of hydrogen-bond acceptors (Lipinski definition) is 3. The first-order valence-electron chi connectivity index (χ1n) is 8.65. The van der Waals surface area contributed by atoms with Crippen molar-refractivity contribution in [2.45, 2.75) is 19.9 Å². The second-order valence-electron chi connectivity index (χ2n) is 6.21.